The van der Waals surface area contributed by atoms with Crippen LogP contribution in [-0.4, -0.2) is 51.3 Å². The highest BCUT2D eigenvalue weighted by Crippen LogP contribution is 2.35. The molecule has 10 heteroatoms. The second-order valence-corrected chi connectivity index (χ2v) is 8.76. The summed E-state index contributed by atoms with van der Waals surface area (Å²) in [4.78, 5) is 53.0. The summed E-state index contributed by atoms with van der Waals surface area (Å²) in [5.41, 5.74) is 2.61. The number of aryl methyl sites for hydroxylation is 1. The van der Waals surface area contributed by atoms with Crippen molar-refractivity contribution < 1.29 is 28.7 Å². The number of carbonyl (C=O) groups is 4. The van der Waals surface area contributed by atoms with E-state index in [4.69, 9.17) is 9.47 Å². The third kappa shape index (κ3) is 3.48. The number of ketones is 1. The molecule has 33 heavy (non-hydrogen) atoms. The van der Waals surface area contributed by atoms with Crippen molar-refractivity contribution >= 4 is 35.0 Å². The zero-order valence-corrected chi connectivity index (χ0v) is 18.7. The van der Waals surface area contributed by atoms with E-state index in [9.17, 15) is 19.2 Å². The lowest BCUT2D eigenvalue weighted by molar-refractivity contribution is -0.143. The molecule has 0 atom stereocenters. The van der Waals surface area contributed by atoms with Crippen molar-refractivity contribution in [2.24, 2.45) is 0 Å². The van der Waals surface area contributed by atoms with E-state index in [1.165, 1.54) is 11.3 Å². The average Bonchev–Trinajstić information content (AvgIpc) is 3.56. The first-order valence-electron chi connectivity index (χ1n) is 10.2. The Balaban J connectivity index is 1.38. The van der Waals surface area contributed by atoms with Gasteiger partial charge in [-0.1, -0.05) is 6.07 Å². The fourth-order valence-electron chi connectivity index (χ4n) is 4.08. The van der Waals surface area contributed by atoms with Crippen LogP contribution >= 0.6 is 11.3 Å². The van der Waals surface area contributed by atoms with Gasteiger partial charge in [-0.15, -0.1) is 11.3 Å². The Labute approximate surface area is 192 Å². The maximum Gasteiger partial charge on any atom is 0.335 e. The molecule has 0 N–H and O–H groups in total. The van der Waals surface area contributed by atoms with Gasteiger partial charge in [-0.05, 0) is 43.5 Å². The number of thiophene rings is 1. The molecule has 0 radical (unpaired) electrons. The number of fused-ring (bicyclic) bond motifs is 1. The number of amides is 4. The van der Waals surface area contributed by atoms with Gasteiger partial charge in [-0.3, -0.25) is 19.3 Å². The Bertz CT molecular complexity index is 1310. The van der Waals surface area contributed by atoms with Gasteiger partial charge in [0.05, 0.1) is 13.1 Å². The van der Waals surface area contributed by atoms with Crippen LogP contribution in [-0.2, 0) is 16.1 Å². The zero-order chi connectivity index (χ0) is 23.3. The number of aromatic nitrogens is 1. The number of carbonyl (C=O) groups excluding carboxylic acids is 4. The van der Waals surface area contributed by atoms with Crippen molar-refractivity contribution in [2.45, 2.75) is 20.4 Å². The first kappa shape index (κ1) is 21.0. The third-order valence-electron chi connectivity index (χ3n) is 5.68. The summed E-state index contributed by atoms with van der Waals surface area (Å²) < 4.78 is 12.7. The highest BCUT2D eigenvalue weighted by atomic mass is 32.1. The molecular weight excluding hydrogens is 446 g/mol. The lowest BCUT2D eigenvalue weighted by Gasteiger charge is -2.14. The number of urea groups is 1. The normalized spacial score (nSPS) is 15.2. The van der Waals surface area contributed by atoms with Crippen LogP contribution in [0.15, 0.2) is 41.8 Å². The molecule has 5 rings (SSSR count). The smallest absolute Gasteiger partial charge is 0.335 e. The molecule has 2 aromatic heterocycles. The highest BCUT2D eigenvalue weighted by molar-refractivity contribution is 7.09. The van der Waals surface area contributed by atoms with Gasteiger partial charge >= 0.3 is 17.8 Å². The summed E-state index contributed by atoms with van der Waals surface area (Å²) in [6.07, 6.45) is 0. The van der Waals surface area contributed by atoms with Gasteiger partial charge in [-0.25, -0.2) is 9.69 Å². The van der Waals surface area contributed by atoms with E-state index in [1.54, 1.807) is 31.2 Å². The fourth-order valence-corrected chi connectivity index (χ4v) is 4.78. The second-order valence-electron chi connectivity index (χ2n) is 7.73. The Morgan fingerprint density at radius 3 is 2.52 bits per heavy atom. The maximum atomic E-state index is 13.1. The summed E-state index contributed by atoms with van der Waals surface area (Å²) in [6.45, 7) is 3.30. The van der Waals surface area contributed by atoms with E-state index in [0.29, 0.717) is 27.7 Å². The number of nitrogens with zero attached hydrogens (tertiary/aromatic N) is 3. The van der Waals surface area contributed by atoms with E-state index in [0.717, 1.165) is 21.2 Å². The number of Topliss-reactive ketones (excluding diaryl/α,β-unsaturated/α-hetero) is 1. The quantitative estimate of drug-likeness (QED) is 0.315. The van der Waals surface area contributed by atoms with E-state index >= 15 is 0 Å². The lowest BCUT2D eigenvalue weighted by atomic mass is 10.1. The molecular formula is C23H19N3O6S. The number of ether oxygens (including phenoxy) is 2. The second kappa shape index (κ2) is 7.89. The van der Waals surface area contributed by atoms with Crippen LogP contribution in [0.25, 0.3) is 5.69 Å². The molecule has 0 bridgehead atoms. The monoisotopic (exact) mass is 465 g/mol. The first-order chi connectivity index (χ1) is 15.8. The van der Waals surface area contributed by atoms with Crippen LogP contribution in [0.5, 0.6) is 11.5 Å². The van der Waals surface area contributed by atoms with Crippen LogP contribution in [0.4, 0.5) is 4.79 Å². The van der Waals surface area contributed by atoms with Gasteiger partial charge < -0.3 is 14.0 Å². The Morgan fingerprint density at radius 2 is 1.76 bits per heavy atom. The van der Waals surface area contributed by atoms with Crippen molar-refractivity contribution in [1.29, 1.82) is 0 Å². The summed E-state index contributed by atoms with van der Waals surface area (Å²) in [5.74, 6) is -1.07. The van der Waals surface area contributed by atoms with Gasteiger partial charge in [0, 0.05) is 33.6 Å². The molecule has 9 nitrogen and oxygen atoms in total. The van der Waals surface area contributed by atoms with E-state index in [2.05, 4.69) is 0 Å². The van der Waals surface area contributed by atoms with Gasteiger partial charge in [0.2, 0.25) is 6.79 Å². The van der Waals surface area contributed by atoms with Crippen LogP contribution in [0.3, 0.4) is 0 Å². The van der Waals surface area contributed by atoms with Crippen molar-refractivity contribution in [3.8, 4) is 17.2 Å². The molecule has 0 saturated carbocycles. The molecule has 4 heterocycles. The van der Waals surface area contributed by atoms with E-state index < -0.39 is 30.2 Å². The summed E-state index contributed by atoms with van der Waals surface area (Å²) >= 11 is 1.38. The predicted octanol–water partition coefficient (Wildman–Crippen LogP) is 3.06. The topological polar surface area (TPSA) is 98.2 Å². The molecule has 0 spiro atoms. The predicted molar refractivity (Wildman–Crippen MR) is 118 cm³/mol. The molecule has 3 aromatic rings. The van der Waals surface area contributed by atoms with E-state index in [-0.39, 0.29) is 13.3 Å². The van der Waals surface area contributed by atoms with Crippen molar-refractivity contribution in [3.63, 3.8) is 0 Å². The Kier molecular flexibility index (Phi) is 5.01. The van der Waals surface area contributed by atoms with Crippen molar-refractivity contribution in [3.05, 3.63) is 63.6 Å². The van der Waals surface area contributed by atoms with Crippen LogP contribution in [0, 0.1) is 13.8 Å². The van der Waals surface area contributed by atoms with Crippen molar-refractivity contribution in [1.82, 2.24) is 14.4 Å². The van der Waals surface area contributed by atoms with Gasteiger partial charge in [0.15, 0.2) is 17.3 Å². The van der Waals surface area contributed by atoms with Crippen LogP contribution < -0.4 is 9.47 Å². The number of benzene rings is 1. The largest absolute Gasteiger partial charge is 0.454 e. The third-order valence-corrected chi connectivity index (χ3v) is 6.54. The molecule has 2 aliphatic rings. The summed E-state index contributed by atoms with van der Waals surface area (Å²) in [7, 11) is 0. The Hall–Kier alpha value is -3.92. The molecule has 1 fully saturated rings. The number of rotatable bonds is 6. The lowest BCUT2D eigenvalue weighted by Crippen LogP contribution is -2.36. The molecule has 1 saturated heterocycles. The average molecular weight is 465 g/mol. The van der Waals surface area contributed by atoms with Gasteiger partial charge in [0.1, 0.15) is 0 Å². The van der Waals surface area contributed by atoms with Crippen LogP contribution in [0.2, 0.25) is 0 Å². The van der Waals surface area contributed by atoms with Crippen molar-refractivity contribution in [2.75, 3.05) is 13.3 Å². The summed E-state index contributed by atoms with van der Waals surface area (Å²) in [5, 5.41) is 1.82. The van der Waals surface area contributed by atoms with Gasteiger partial charge in [0.25, 0.3) is 0 Å². The highest BCUT2D eigenvalue weighted by Gasteiger charge is 2.45. The fraction of sp³-hybridized carbons (Fsp3) is 0.217. The van der Waals surface area contributed by atoms with Gasteiger partial charge in [-0.2, -0.15) is 0 Å². The standard InChI is InChI=1S/C23H19N3O6S/c1-13-8-17(14(2)26(13)15-5-6-19-20(9-15)32-12-31-19)18(27)11-25-22(29)21(28)24(23(25)30)10-16-4-3-7-33-16/h3-9H,10-12H2,1-2H3. The minimum absolute atomic E-state index is 0.00436. The molecule has 0 unspecified atom stereocenters. The van der Waals surface area contributed by atoms with E-state index in [1.807, 2.05) is 29.0 Å². The number of hydrogen-bond acceptors (Lipinski definition) is 7. The minimum Gasteiger partial charge on any atom is -0.454 e. The van der Waals surface area contributed by atoms with Crippen LogP contribution in [0.1, 0.15) is 26.6 Å². The number of hydrogen-bond donors (Lipinski definition) is 0. The molecule has 2 aliphatic heterocycles. The molecule has 0 aliphatic carbocycles. The Morgan fingerprint density at radius 1 is 1.00 bits per heavy atom. The first-order valence-corrected chi connectivity index (χ1v) is 11.0. The summed E-state index contributed by atoms with van der Waals surface area (Å²) in [6, 6.07) is 9.97. The minimum atomic E-state index is -0.991. The molecule has 1 aromatic carbocycles. The molecule has 168 valence electrons. The number of imide groups is 2. The zero-order valence-electron chi connectivity index (χ0n) is 17.9. The maximum absolute atomic E-state index is 13.1. The molecule has 4 amide bonds. The SMILES string of the molecule is Cc1cc(C(=O)CN2C(=O)C(=O)N(Cc3cccs3)C2=O)c(C)n1-c1ccc2c(c1)OCO2.